The summed E-state index contributed by atoms with van der Waals surface area (Å²) < 4.78 is 24.3. The van der Waals surface area contributed by atoms with Crippen LogP contribution in [0.3, 0.4) is 0 Å². The minimum absolute atomic E-state index is 0.0181. The van der Waals surface area contributed by atoms with E-state index in [0.717, 1.165) is 0 Å². The lowest BCUT2D eigenvalue weighted by atomic mass is 10.2. The van der Waals surface area contributed by atoms with E-state index in [1.807, 2.05) is 0 Å². The second-order valence-electron chi connectivity index (χ2n) is 4.57. The van der Waals surface area contributed by atoms with Crippen molar-refractivity contribution in [3.05, 3.63) is 30.1 Å². The van der Waals surface area contributed by atoms with Crippen LogP contribution in [0.4, 0.5) is 0 Å². The minimum atomic E-state index is -3.11. The molecule has 1 N–H and O–H groups in total. The molecule has 0 fully saturated rings. The summed E-state index contributed by atoms with van der Waals surface area (Å²) in [6, 6.07) is 4.53. The van der Waals surface area contributed by atoms with Gasteiger partial charge < -0.3 is 9.67 Å². The van der Waals surface area contributed by atoms with E-state index >= 15 is 0 Å². The van der Waals surface area contributed by atoms with E-state index in [0.29, 0.717) is 11.0 Å². The molecule has 102 valence electrons. The van der Waals surface area contributed by atoms with Crippen molar-refractivity contribution in [2.75, 3.05) is 12.0 Å². The summed E-state index contributed by atoms with van der Waals surface area (Å²) in [6.45, 7) is 1.76. The zero-order chi connectivity index (χ0) is 14.2. The Balaban J connectivity index is 2.52. The fraction of sp³-hybridized carbons (Fsp3) is 0.333. The monoisotopic (exact) mass is 282 g/mol. The average molecular weight is 282 g/mol. The zero-order valence-corrected chi connectivity index (χ0v) is 11.4. The number of para-hydroxylation sites is 1. The van der Waals surface area contributed by atoms with Gasteiger partial charge in [0.25, 0.3) is 0 Å². The van der Waals surface area contributed by atoms with Gasteiger partial charge in [-0.2, -0.15) is 0 Å². The summed E-state index contributed by atoms with van der Waals surface area (Å²) in [4.78, 5) is 15.2. The average Bonchev–Trinajstić information content (AvgIpc) is 2.69. The number of carboxylic acids is 1. The molecular weight excluding hydrogens is 268 g/mol. The number of benzene rings is 1. The van der Waals surface area contributed by atoms with Crippen molar-refractivity contribution in [3.63, 3.8) is 0 Å². The van der Waals surface area contributed by atoms with E-state index in [9.17, 15) is 13.2 Å². The van der Waals surface area contributed by atoms with Gasteiger partial charge in [-0.25, -0.2) is 18.2 Å². The molecule has 0 aliphatic rings. The first-order chi connectivity index (χ1) is 8.79. The standard InChI is InChI=1S/C12H14N2O4S/c1-8(6-19(2,17)18)14-7-13-11-9(12(15)16)4-3-5-10(11)14/h3-5,7-8H,6H2,1-2H3,(H,15,16). The molecule has 2 aromatic rings. The highest BCUT2D eigenvalue weighted by Gasteiger charge is 2.17. The lowest BCUT2D eigenvalue weighted by Crippen LogP contribution is -2.15. The Kier molecular flexibility index (Phi) is 3.32. The molecule has 7 heteroatoms. The third-order valence-electron chi connectivity index (χ3n) is 2.85. The van der Waals surface area contributed by atoms with Crippen LogP contribution < -0.4 is 0 Å². The number of carboxylic acid groups (broad SMARTS) is 1. The molecule has 0 spiro atoms. The lowest BCUT2D eigenvalue weighted by Gasteiger charge is -2.13. The Morgan fingerprint density at radius 1 is 1.47 bits per heavy atom. The third-order valence-corrected chi connectivity index (χ3v) is 3.94. The highest BCUT2D eigenvalue weighted by Crippen LogP contribution is 2.21. The summed E-state index contributed by atoms with van der Waals surface area (Å²) in [6.07, 6.45) is 2.65. The molecule has 0 saturated heterocycles. The van der Waals surface area contributed by atoms with Crippen LogP contribution >= 0.6 is 0 Å². The molecule has 0 amide bonds. The number of carbonyl (C=O) groups is 1. The summed E-state index contributed by atoms with van der Waals surface area (Å²) in [7, 11) is -3.11. The van der Waals surface area contributed by atoms with Crippen molar-refractivity contribution in [2.24, 2.45) is 0 Å². The van der Waals surface area contributed by atoms with E-state index in [1.54, 1.807) is 23.6 Å². The van der Waals surface area contributed by atoms with Crippen LogP contribution in [-0.4, -0.2) is 41.1 Å². The van der Waals surface area contributed by atoms with Gasteiger partial charge >= 0.3 is 5.97 Å². The smallest absolute Gasteiger partial charge is 0.337 e. The topological polar surface area (TPSA) is 89.3 Å². The normalized spacial score (nSPS) is 13.6. The predicted octanol–water partition coefficient (Wildman–Crippen LogP) is 1.34. The molecule has 0 aliphatic carbocycles. The van der Waals surface area contributed by atoms with Gasteiger partial charge in [0.1, 0.15) is 15.4 Å². The van der Waals surface area contributed by atoms with E-state index in [4.69, 9.17) is 5.11 Å². The molecule has 1 heterocycles. The van der Waals surface area contributed by atoms with Gasteiger partial charge in [-0.05, 0) is 19.1 Å². The number of fused-ring (bicyclic) bond motifs is 1. The van der Waals surface area contributed by atoms with Gasteiger partial charge in [-0.3, -0.25) is 0 Å². The first-order valence-electron chi connectivity index (χ1n) is 5.66. The fourth-order valence-corrected chi connectivity index (χ4v) is 3.14. The van der Waals surface area contributed by atoms with Gasteiger partial charge in [-0.15, -0.1) is 0 Å². The van der Waals surface area contributed by atoms with Crippen LogP contribution in [0.5, 0.6) is 0 Å². The van der Waals surface area contributed by atoms with E-state index in [1.165, 1.54) is 18.6 Å². The lowest BCUT2D eigenvalue weighted by molar-refractivity contribution is 0.0699. The van der Waals surface area contributed by atoms with Crippen molar-refractivity contribution in [3.8, 4) is 0 Å². The van der Waals surface area contributed by atoms with Crippen LogP contribution in [0, 0.1) is 0 Å². The third kappa shape index (κ3) is 2.76. The van der Waals surface area contributed by atoms with Gasteiger partial charge in [0, 0.05) is 12.3 Å². The number of hydrogen-bond acceptors (Lipinski definition) is 4. The van der Waals surface area contributed by atoms with Crippen LogP contribution in [0.2, 0.25) is 0 Å². The Morgan fingerprint density at radius 2 is 2.16 bits per heavy atom. The number of imidazole rings is 1. The maximum absolute atomic E-state index is 11.3. The molecule has 2 rings (SSSR count). The molecule has 1 atom stereocenters. The first-order valence-corrected chi connectivity index (χ1v) is 7.72. The highest BCUT2D eigenvalue weighted by atomic mass is 32.2. The molecule has 0 saturated carbocycles. The van der Waals surface area contributed by atoms with Gasteiger partial charge in [0.05, 0.1) is 23.2 Å². The predicted molar refractivity (Wildman–Crippen MR) is 71.1 cm³/mol. The van der Waals surface area contributed by atoms with Crippen LogP contribution in [0.15, 0.2) is 24.5 Å². The van der Waals surface area contributed by atoms with Crippen molar-refractivity contribution in [1.82, 2.24) is 9.55 Å². The number of nitrogens with zero attached hydrogens (tertiary/aromatic N) is 2. The van der Waals surface area contributed by atoms with E-state index < -0.39 is 15.8 Å². The molecule has 1 unspecified atom stereocenters. The molecule has 1 aromatic carbocycles. The van der Waals surface area contributed by atoms with Gasteiger partial charge in [0.2, 0.25) is 0 Å². The maximum atomic E-state index is 11.3. The number of aromatic nitrogens is 2. The van der Waals surface area contributed by atoms with E-state index in [2.05, 4.69) is 4.98 Å². The summed E-state index contributed by atoms with van der Waals surface area (Å²) >= 11 is 0. The molecule has 6 nitrogen and oxygen atoms in total. The highest BCUT2D eigenvalue weighted by molar-refractivity contribution is 7.90. The van der Waals surface area contributed by atoms with Crippen LogP contribution in [0.25, 0.3) is 11.0 Å². The van der Waals surface area contributed by atoms with Gasteiger partial charge in [0.15, 0.2) is 0 Å². The van der Waals surface area contributed by atoms with Gasteiger partial charge in [-0.1, -0.05) is 6.07 Å². The SMILES string of the molecule is CC(CS(C)(=O)=O)n1cnc2c(C(=O)O)cccc21. The number of hydrogen-bond donors (Lipinski definition) is 1. The van der Waals surface area contributed by atoms with Crippen molar-refractivity contribution >= 4 is 26.8 Å². The van der Waals surface area contributed by atoms with Crippen molar-refractivity contribution in [1.29, 1.82) is 0 Å². The quantitative estimate of drug-likeness (QED) is 0.914. The molecule has 0 radical (unpaired) electrons. The molecular formula is C12H14N2O4S. The Bertz CT molecular complexity index is 733. The minimum Gasteiger partial charge on any atom is -0.478 e. The summed E-state index contributed by atoms with van der Waals surface area (Å²) in [5.41, 5.74) is 1.11. The molecule has 0 bridgehead atoms. The summed E-state index contributed by atoms with van der Waals surface area (Å²) in [5.74, 6) is -1.07. The molecule has 1 aromatic heterocycles. The zero-order valence-electron chi connectivity index (χ0n) is 10.6. The second-order valence-corrected chi connectivity index (χ2v) is 6.76. The number of aromatic carboxylic acids is 1. The largest absolute Gasteiger partial charge is 0.478 e. The maximum Gasteiger partial charge on any atom is 0.337 e. The van der Waals surface area contributed by atoms with E-state index in [-0.39, 0.29) is 17.4 Å². The number of rotatable bonds is 4. The Morgan fingerprint density at radius 3 is 2.74 bits per heavy atom. The number of sulfone groups is 1. The fourth-order valence-electron chi connectivity index (χ4n) is 2.10. The van der Waals surface area contributed by atoms with Crippen molar-refractivity contribution < 1.29 is 18.3 Å². The molecule has 0 aliphatic heterocycles. The van der Waals surface area contributed by atoms with Crippen LogP contribution in [-0.2, 0) is 9.84 Å². The second kappa shape index (κ2) is 4.65. The first kappa shape index (κ1) is 13.5. The Labute approximate surface area is 110 Å². The Hall–Kier alpha value is -1.89. The van der Waals surface area contributed by atoms with Crippen molar-refractivity contribution in [2.45, 2.75) is 13.0 Å². The van der Waals surface area contributed by atoms with Crippen LogP contribution in [0.1, 0.15) is 23.3 Å². The summed E-state index contributed by atoms with van der Waals surface area (Å²) in [5, 5.41) is 9.07. The molecule has 19 heavy (non-hydrogen) atoms.